The lowest BCUT2D eigenvalue weighted by atomic mass is 9.96. The fourth-order valence-corrected chi connectivity index (χ4v) is 3.24. The molecule has 0 aliphatic carbocycles. The van der Waals surface area contributed by atoms with Crippen molar-refractivity contribution in [1.29, 1.82) is 0 Å². The summed E-state index contributed by atoms with van der Waals surface area (Å²) in [5.41, 5.74) is -0.381. The lowest BCUT2D eigenvalue weighted by Crippen LogP contribution is -2.40. The molecule has 0 aromatic heterocycles. The maximum atomic E-state index is 11.7. The third-order valence-electron chi connectivity index (χ3n) is 4.80. The van der Waals surface area contributed by atoms with Gasteiger partial charge in [-0.25, -0.2) is 0 Å². The number of rotatable bonds is 10. The Morgan fingerprint density at radius 2 is 1.85 bits per heavy atom. The van der Waals surface area contributed by atoms with Crippen molar-refractivity contribution in [2.75, 3.05) is 40.4 Å². The van der Waals surface area contributed by atoms with E-state index in [1.54, 1.807) is 0 Å². The SMILES string of the molecule is CN=C(NCCCCCCC(=O)OC(C)(C)C)N(C)CCC1CCOCC1. The summed E-state index contributed by atoms with van der Waals surface area (Å²) in [6, 6.07) is 0. The first kappa shape index (κ1) is 23.7. The molecule has 1 fully saturated rings. The molecule has 1 aliphatic rings. The molecule has 0 unspecified atom stereocenters. The van der Waals surface area contributed by atoms with Crippen molar-refractivity contribution < 1.29 is 14.3 Å². The van der Waals surface area contributed by atoms with Gasteiger partial charge in [0, 0.05) is 46.8 Å². The topological polar surface area (TPSA) is 63.2 Å². The molecule has 0 radical (unpaired) electrons. The second-order valence-corrected chi connectivity index (χ2v) is 8.49. The van der Waals surface area contributed by atoms with E-state index in [1.807, 2.05) is 27.8 Å². The van der Waals surface area contributed by atoms with E-state index in [-0.39, 0.29) is 11.6 Å². The summed E-state index contributed by atoms with van der Waals surface area (Å²) >= 11 is 0. The molecule has 158 valence electrons. The number of guanidine groups is 1. The van der Waals surface area contributed by atoms with Gasteiger partial charge in [0.05, 0.1) is 0 Å². The highest BCUT2D eigenvalue weighted by molar-refractivity contribution is 5.79. The molecular weight excluding hydrogens is 342 g/mol. The average Bonchev–Trinajstić information content (AvgIpc) is 2.61. The van der Waals surface area contributed by atoms with Crippen LogP contribution in [0, 0.1) is 5.92 Å². The quantitative estimate of drug-likeness (QED) is 0.270. The zero-order valence-corrected chi connectivity index (χ0v) is 18.2. The Morgan fingerprint density at radius 1 is 1.19 bits per heavy atom. The maximum Gasteiger partial charge on any atom is 0.306 e. The number of aliphatic imine (C=N–C) groups is 1. The van der Waals surface area contributed by atoms with Gasteiger partial charge in [-0.05, 0) is 58.8 Å². The van der Waals surface area contributed by atoms with Crippen molar-refractivity contribution in [1.82, 2.24) is 10.2 Å². The summed E-state index contributed by atoms with van der Waals surface area (Å²) in [7, 11) is 3.95. The molecule has 0 atom stereocenters. The third-order valence-corrected chi connectivity index (χ3v) is 4.80. The van der Waals surface area contributed by atoms with Crippen LogP contribution in [0.1, 0.15) is 72.1 Å². The number of unbranched alkanes of at least 4 members (excludes halogenated alkanes) is 3. The van der Waals surface area contributed by atoms with Crippen molar-refractivity contribution in [2.45, 2.75) is 77.7 Å². The molecule has 6 nitrogen and oxygen atoms in total. The van der Waals surface area contributed by atoms with Gasteiger partial charge in [-0.15, -0.1) is 0 Å². The van der Waals surface area contributed by atoms with Crippen LogP contribution in [0.2, 0.25) is 0 Å². The average molecular weight is 384 g/mol. The summed E-state index contributed by atoms with van der Waals surface area (Å²) < 4.78 is 10.8. The van der Waals surface area contributed by atoms with E-state index in [9.17, 15) is 4.79 Å². The molecule has 1 N–H and O–H groups in total. The molecule has 1 heterocycles. The minimum Gasteiger partial charge on any atom is -0.460 e. The zero-order chi connectivity index (χ0) is 20.1. The van der Waals surface area contributed by atoms with Crippen molar-refractivity contribution in [3.05, 3.63) is 0 Å². The molecule has 0 amide bonds. The molecule has 0 spiro atoms. The van der Waals surface area contributed by atoms with E-state index < -0.39 is 0 Å². The van der Waals surface area contributed by atoms with E-state index in [4.69, 9.17) is 9.47 Å². The van der Waals surface area contributed by atoms with Crippen LogP contribution in [0.15, 0.2) is 4.99 Å². The Morgan fingerprint density at radius 3 is 2.48 bits per heavy atom. The first-order valence-electron chi connectivity index (χ1n) is 10.5. The van der Waals surface area contributed by atoms with Crippen LogP contribution in [0.5, 0.6) is 0 Å². The molecular formula is C21H41N3O3. The van der Waals surface area contributed by atoms with E-state index >= 15 is 0 Å². The minimum absolute atomic E-state index is 0.0906. The van der Waals surface area contributed by atoms with Crippen molar-refractivity contribution in [3.8, 4) is 0 Å². The maximum absolute atomic E-state index is 11.7. The molecule has 6 heteroatoms. The first-order valence-corrected chi connectivity index (χ1v) is 10.5. The molecule has 0 aromatic rings. The van der Waals surface area contributed by atoms with Crippen LogP contribution in [-0.4, -0.2) is 62.8 Å². The summed E-state index contributed by atoms with van der Waals surface area (Å²) in [5, 5.41) is 3.45. The third kappa shape index (κ3) is 11.9. The van der Waals surface area contributed by atoms with Gasteiger partial charge in [-0.3, -0.25) is 9.79 Å². The highest BCUT2D eigenvalue weighted by atomic mass is 16.6. The second kappa shape index (κ2) is 13.0. The lowest BCUT2D eigenvalue weighted by Gasteiger charge is -2.26. The normalized spacial score (nSPS) is 16.3. The van der Waals surface area contributed by atoms with Gasteiger partial charge in [-0.2, -0.15) is 0 Å². The fourth-order valence-electron chi connectivity index (χ4n) is 3.24. The van der Waals surface area contributed by atoms with E-state index in [2.05, 4.69) is 22.3 Å². The van der Waals surface area contributed by atoms with Gasteiger partial charge in [0.2, 0.25) is 0 Å². The molecule has 1 rings (SSSR count). The number of esters is 1. The summed E-state index contributed by atoms with van der Waals surface area (Å²) in [6.07, 6.45) is 8.23. The van der Waals surface area contributed by atoms with Crippen molar-refractivity contribution in [3.63, 3.8) is 0 Å². The van der Waals surface area contributed by atoms with Crippen LogP contribution in [0.25, 0.3) is 0 Å². The highest BCUT2D eigenvalue weighted by Crippen LogP contribution is 2.18. The first-order chi connectivity index (χ1) is 12.8. The molecule has 1 saturated heterocycles. The van der Waals surface area contributed by atoms with Crippen LogP contribution in [-0.2, 0) is 14.3 Å². The second-order valence-electron chi connectivity index (χ2n) is 8.49. The number of carbonyl (C=O) groups excluding carboxylic acids is 1. The van der Waals surface area contributed by atoms with Crippen LogP contribution in [0.4, 0.5) is 0 Å². The number of ether oxygens (including phenoxy) is 2. The predicted molar refractivity (Wildman–Crippen MR) is 111 cm³/mol. The van der Waals surface area contributed by atoms with E-state index in [1.165, 1.54) is 19.3 Å². The van der Waals surface area contributed by atoms with Gasteiger partial charge in [0.25, 0.3) is 0 Å². The van der Waals surface area contributed by atoms with Gasteiger partial charge in [0.1, 0.15) is 5.60 Å². The van der Waals surface area contributed by atoms with Gasteiger partial charge in [0.15, 0.2) is 5.96 Å². The minimum atomic E-state index is -0.381. The predicted octanol–water partition coefficient (Wildman–Crippen LogP) is 3.60. The Hall–Kier alpha value is -1.30. The number of carbonyl (C=O) groups is 1. The Kier molecular flexibility index (Phi) is 11.4. The van der Waals surface area contributed by atoms with E-state index in [0.29, 0.717) is 6.42 Å². The highest BCUT2D eigenvalue weighted by Gasteiger charge is 2.16. The number of nitrogens with zero attached hydrogens (tertiary/aromatic N) is 2. The summed E-state index contributed by atoms with van der Waals surface area (Å²) in [5.74, 6) is 1.66. The monoisotopic (exact) mass is 383 g/mol. The van der Waals surface area contributed by atoms with Crippen molar-refractivity contribution in [2.24, 2.45) is 10.9 Å². The molecule has 27 heavy (non-hydrogen) atoms. The molecule has 0 bridgehead atoms. The molecule has 0 aromatic carbocycles. The van der Waals surface area contributed by atoms with E-state index in [0.717, 1.165) is 63.9 Å². The largest absolute Gasteiger partial charge is 0.460 e. The zero-order valence-electron chi connectivity index (χ0n) is 18.2. The Labute approximate surface area is 166 Å². The summed E-state index contributed by atoms with van der Waals surface area (Å²) in [4.78, 5) is 18.3. The fraction of sp³-hybridized carbons (Fsp3) is 0.905. The number of hydrogen-bond acceptors (Lipinski definition) is 4. The summed E-state index contributed by atoms with van der Waals surface area (Å²) in [6.45, 7) is 9.49. The van der Waals surface area contributed by atoms with Gasteiger partial charge >= 0.3 is 5.97 Å². The lowest BCUT2D eigenvalue weighted by molar-refractivity contribution is -0.154. The Balaban J connectivity index is 2.06. The Bertz CT molecular complexity index is 440. The van der Waals surface area contributed by atoms with Crippen LogP contribution >= 0.6 is 0 Å². The molecule has 0 saturated carbocycles. The van der Waals surface area contributed by atoms with Gasteiger partial charge < -0.3 is 19.7 Å². The number of hydrogen-bond donors (Lipinski definition) is 1. The number of nitrogens with one attached hydrogen (secondary N) is 1. The smallest absolute Gasteiger partial charge is 0.306 e. The molecule has 1 aliphatic heterocycles. The van der Waals surface area contributed by atoms with Crippen LogP contribution in [0.3, 0.4) is 0 Å². The van der Waals surface area contributed by atoms with Gasteiger partial charge in [-0.1, -0.05) is 12.8 Å². The van der Waals surface area contributed by atoms with Crippen LogP contribution < -0.4 is 5.32 Å². The standard InChI is InChI=1S/C21H41N3O3/c1-21(2,3)27-19(25)10-8-6-7-9-14-23-20(22-4)24(5)15-11-18-12-16-26-17-13-18/h18H,6-17H2,1-5H3,(H,22,23). The van der Waals surface area contributed by atoms with Crippen molar-refractivity contribution >= 4 is 11.9 Å².